The summed E-state index contributed by atoms with van der Waals surface area (Å²) >= 11 is 3.23. The molecule has 1 spiro atoms. The number of phenols is 1. The van der Waals surface area contributed by atoms with E-state index in [0.717, 1.165) is 13.2 Å². The maximum atomic E-state index is 13.6. The van der Waals surface area contributed by atoms with Crippen molar-refractivity contribution >= 4 is 50.3 Å². The number of aliphatic hydroxyl groups excluding tert-OH is 2. The fraction of sp³-hybridized carbons (Fsp3) is 0.125. The second kappa shape index (κ2) is 10.3. The highest BCUT2D eigenvalue weighted by Gasteiger charge is 2.53. The minimum absolute atomic E-state index is 0.108. The molecule has 1 amide bonds. The van der Waals surface area contributed by atoms with Gasteiger partial charge in [0.05, 0.1) is 50.8 Å². The maximum absolute atomic E-state index is 13.6. The van der Waals surface area contributed by atoms with E-state index in [9.17, 15) is 44.1 Å². The highest BCUT2D eigenvalue weighted by Crippen LogP contribution is 2.54. The predicted molar refractivity (Wildman–Crippen MR) is 170 cm³/mol. The van der Waals surface area contributed by atoms with Crippen molar-refractivity contribution in [2.45, 2.75) is 18.3 Å². The van der Waals surface area contributed by atoms with Crippen LogP contribution in [0.25, 0.3) is 22.3 Å². The number of fused-ring (bicyclic) bond motifs is 4. The SMILES string of the molecule is COc1cc(=O)c2c(=O)c3c(c(=O)c=2c1=O)=C(O)[C@]1(CCc2cc4cc(/C=N/NC(=O)c5cncc(Br)c5)[nH]c(=O)c4c(O)c21)C=3O. The molecule has 0 fully saturated rings. The Morgan fingerprint density at radius 2 is 1.68 bits per heavy atom. The second-order valence-corrected chi connectivity index (χ2v) is 12.0. The van der Waals surface area contributed by atoms with Crippen molar-refractivity contribution in [1.29, 1.82) is 0 Å². The van der Waals surface area contributed by atoms with Crippen molar-refractivity contribution in [1.82, 2.24) is 15.4 Å². The molecule has 15 heteroatoms. The normalized spacial score (nSPS) is 16.8. The number of carbonyl (C=O) groups excluding carboxylic acids is 1. The summed E-state index contributed by atoms with van der Waals surface area (Å²) in [6.07, 6.45) is 4.01. The van der Waals surface area contributed by atoms with Gasteiger partial charge in [-0.15, -0.1) is 0 Å². The number of ether oxygens (including phenoxy) is 1. The number of halogens is 1. The number of aliphatic hydroxyl groups is 2. The van der Waals surface area contributed by atoms with Crippen molar-refractivity contribution in [2.75, 3.05) is 7.11 Å². The maximum Gasteiger partial charge on any atom is 0.272 e. The van der Waals surface area contributed by atoms with E-state index in [1.54, 1.807) is 6.07 Å². The lowest BCUT2D eigenvalue weighted by Crippen LogP contribution is -2.51. The first-order valence-electron chi connectivity index (χ1n) is 13.8. The van der Waals surface area contributed by atoms with Gasteiger partial charge in [-0.1, -0.05) is 6.07 Å². The Hall–Kier alpha value is -5.96. The van der Waals surface area contributed by atoms with Gasteiger partial charge in [-0.25, -0.2) is 5.43 Å². The Labute approximate surface area is 267 Å². The summed E-state index contributed by atoms with van der Waals surface area (Å²) in [6.45, 7) is 0. The average Bonchev–Trinajstić information content (AvgIpc) is 3.52. The third-order valence-corrected chi connectivity index (χ3v) is 9.05. The van der Waals surface area contributed by atoms with Gasteiger partial charge >= 0.3 is 0 Å². The number of aromatic nitrogens is 2. The molecule has 4 aliphatic carbocycles. The molecule has 7 rings (SSSR count). The van der Waals surface area contributed by atoms with Crippen molar-refractivity contribution < 1.29 is 24.9 Å². The number of hydrazone groups is 1. The van der Waals surface area contributed by atoms with Crippen molar-refractivity contribution in [3.05, 3.63) is 136 Å². The van der Waals surface area contributed by atoms with Crippen LogP contribution in [0.4, 0.5) is 0 Å². The van der Waals surface area contributed by atoms with Crippen LogP contribution in [0.15, 0.2) is 70.2 Å². The molecule has 0 saturated heterocycles. The number of methoxy groups -OCH3 is 1. The fourth-order valence-corrected chi connectivity index (χ4v) is 6.96. The second-order valence-electron chi connectivity index (χ2n) is 11.0. The minimum Gasteiger partial charge on any atom is -0.510 e. The molecule has 0 unspecified atom stereocenters. The molecule has 2 heterocycles. The lowest BCUT2D eigenvalue weighted by molar-refractivity contribution is 0.0954. The van der Waals surface area contributed by atoms with Gasteiger partial charge in [0.1, 0.15) is 22.7 Å². The number of nitrogens with one attached hydrogen (secondary N) is 2. The molecule has 5 N–H and O–H groups in total. The van der Waals surface area contributed by atoms with Gasteiger partial charge in [0.2, 0.25) is 16.3 Å². The molecule has 0 radical (unpaired) electrons. The topological polar surface area (TPSA) is 225 Å². The number of benzene rings is 1. The first-order chi connectivity index (χ1) is 22.4. The number of aryl methyl sites for hydroxylation is 1. The molecule has 1 atom stereocenters. The number of hydrogen-bond acceptors (Lipinski definition) is 12. The van der Waals surface area contributed by atoms with Crippen molar-refractivity contribution in [3.8, 4) is 11.5 Å². The summed E-state index contributed by atoms with van der Waals surface area (Å²) in [6, 6.07) is 5.33. The molecular weight excluding hydrogens is 680 g/mol. The summed E-state index contributed by atoms with van der Waals surface area (Å²) in [5, 5.41) is 35.7. The van der Waals surface area contributed by atoms with Crippen LogP contribution in [-0.4, -0.2) is 44.5 Å². The van der Waals surface area contributed by atoms with Crippen LogP contribution in [0.1, 0.15) is 33.6 Å². The quantitative estimate of drug-likeness (QED) is 0.118. The molecule has 234 valence electrons. The Morgan fingerprint density at radius 3 is 2.36 bits per heavy atom. The van der Waals surface area contributed by atoms with Crippen LogP contribution in [0.5, 0.6) is 11.5 Å². The third kappa shape index (κ3) is 4.02. The molecule has 0 bridgehead atoms. The molecule has 1 aromatic carbocycles. The molecule has 4 aliphatic rings. The van der Waals surface area contributed by atoms with Gasteiger partial charge in [0.15, 0.2) is 11.2 Å². The van der Waals surface area contributed by atoms with Gasteiger partial charge < -0.3 is 25.0 Å². The van der Waals surface area contributed by atoms with E-state index in [2.05, 4.69) is 36.4 Å². The number of H-pyrrole nitrogens is 1. The summed E-state index contributed by atoms with van der Waals surface area (Å²) < 4.78 is 5.48. The Morgan fingerprint density at radius 1 is 0.979 bits per heavy atom. The van der Waals surface area contributed by atoms with E-state index in [-0.39, 0.29) is 40.4 Å². The number of phenolic OH excluding ortho intramolecular Hbond substituents is 1. The Bertz CT molecular complexity index is 2790. The largest absolute Gasteiger partial charge is 0.510 e. The fourth-order valence-electron chi connectivity index (χ4n) is 6.60. The van der Waals surface area contributed by atoms with Crippen LogP contribution in [0, 0.1) is 10.4 Å². The number of hydrogen-bond donors (Lipinski definition) is 5. The van der Waals surface area contributed by atoms with E-state index in [1.165, 1.54) is 30.7 Å². The zero-order valence-electron chi connectivity index (χ0n) is 23.9. The number of aromatic hydroxyl groups is 1. The minimum atomic E-state index is -2.01. The molecule has 0 aliphatic heterocycles. The van der Waals surface area contributed by atoms with Crippen LogP contribution >= 0.6 is 15.9 Å². The van der Waals surface area contributed by atoms with E-state index in [0.29, 0.717) is 10.0 Å². The number of aromatic amines is 1. The summed E-state index contributed by atoms with van der Waals surface area (Å²) in [5.74, 6) is -3.24. The zero-order chi connectivity index (χ0) is 33.5. The predicted octanol–water partition coefficient (Wildman–Crippen LogP) is -0.565. The molecule has 47 heavy (non-hydrogen) atoms. The Balaban J connectivity index is 1.39. The first kappa shape index (κ1) is 29.7. The van der Waals surface area contributed by atoms with Crippen LogP contribution in [-0.2, 0) is 11.8 Å². The zero-order valence-corrected chi connectivity index (χ0v) is 25.5. The van der Waals surface area contributed by atoms with Gasteiger partial charge in [-0.05, 0) is 51.9 Å². The monoisotopic (exact) mass is 698 g/mol. The van der Waals surface area contributed by atoms with Gasteiger partial charge in [0.25, 0.3) is 11.5 Å². The van der Waals surface area contributed by atoms with E-state index in [1.807, 2.05) is 0 Å². The van der Waals surface area contributed by atoms with E-state index >= 15 is 0 Å². The molecule has 14 nitrogen and oxygen atoms in total. The summed E-state index contributed by atoms with van der Waals surface area (Å²) in [4.78, 5) is 85.0. The van der Waals surface area contributed by atoms with Gasteiger partial charge in [-0.3, -0.25) is 33.8 Å². The number of carbonyl (C=O) groups is 1. The van der Waals surface area contributed by atoms with Crippen LogP contribution in [0.3, 0.4) is 0 Å². The number of amides is 1. The third-order valence-electron chi connectivity index (χ3n) is 8.61. The van der Waals surface area contributed by atoms with Crippen molar-refractivity contribution in [2.24, 2.45) is 5.10 Å². The Kier molecular flexibility index (Phi) is 6.50. The number of rotatable bonds is 4. The molecular formula is C32H19BrN4O10. The van der Waals surface area contributed by atoms with Crippen LogP contribution in [0.2, 0.25) is 0 Å². The highest BCUT2D eigenvalue weighted by molar-refractivity contribution is 9.10. The molecule has 0 saturated carbocycles. The summed E-state index contributed by atoms with van der Waals surface area (Å²) in [5.41, 5.74) is -4.13. The number of nitrogens with zero attached hydrogens (tertiary/aromatic N) is 2. The van der Waals surface area contributed by atoms with Crippen LogP contribution < -0.4 is 47.9 Å². The average molecular weight is 699 g/mol. The highest BCUT2D eigenvalue weighted by atomic mass is 79.9. The van der Waals surface area contributed by atoms with E-state index < -0.39 is 82.5 Å². The lowest BCUT2D eigenvalue weighted by Gasteiger charge is -2.27. The van der Waals surface area contributed by atoms with E-state index in [4.69, 9.17) is 4.74 Å². The smallest absolute Gasteiger partial charge is 0.272 e. The van der Waals surface area contributed by atoms with Gasteiger partial charge in [-0.2, -0.15) is 5.10 Å². The summed E-state index contributed by atoms with van der Waals surface area (Å²) in [7, 11) is 1.11. The number of pyridine rings is 2. The van der Waals surface area contributed by atoms with Crippen molar-refractivity contribution in [3.63, 3.8) is 0 Å². The standard InChI is InChI=1S/C32H19BrN4O10/c1-47-17-7-16(38)19-20(24(17)39)26(41)22-21(25(19)40)28(43)32(29(22)44)3-2-11-4-12-6-15(36-31(46)18(12)27(42)23(11)32)10-35-37-30(45)13-5-14(33)9-34-8-13/h4-10,42-44H,2-3H2,1H3,(H,36,46)(H,37,45)/b35-10+/t32-/m0/s1. The molecule has 3 aromatic rings. The van der Waals surface area contributed by atoms with Gasteiger partial charge in [0, 0.05) is 28.5 Å². The molecule has 2 aromatic heterocycles. The lowest BCUT2D eigenvalue weighted by atomic mass is 9.78. The first-order valence-corrected chi connectivity index (χ1v) is 14.6.